The second-order valence-corrected chi connectivity index (χ2v) is 9.00. The van der Waals surface area contributed by atoms with Crippen molar-refractivity contribution in [1.82, 2.24) is 20.2 Å². The van der Waals surface area contributed by atoms with E-state index >= 15 is 0 Å². The van der Waals surface area contributed by atoms with Gasteiger partial charge >= 0.3 is 0 Å². The number of carbonyl (C=O) groups excluding carboxylic acids is 1. The Balaban J connectivity index is 1.62. The van der Waals surface area contributed by atoms with Gasteiger partial charge in [-0.1, -0.05) is 68.9 Å². The lowest BCUT2D eigenvalue weighted by Gasteiger charge is -2.19. The fourth-order valence-electron chi connectivity index (χ4n) is 2.96. The fourth-order valence-corrected chi connectivity index (χ4v) is 3.75. The third kappa shape index (κ3) is 5.95. The molecule has 0 atom stereocenters. The lowest BCUT2D eigenvalue weighted by atomic mass is 9.87. The molecule has 0 radical (unpaired) electrons. The first-order valence-corrected chi connectivity index (χ1v) is 11.0. The maximum absolute atomic E-state index is 12.1. The van der Waals surface area contributed by atoms with Gasteiger partial charge in [0.15, 0.2) is 11.0 Å². The van der Waals surface area contributed by atoms with Crippen LogP contribution in [0.4, 0.5) is 0 Å². The van der Waals surface area contributed by atoms with Crippen LogP contribution in [0.3, 0.4) is 0 Å². The van der Waals surface area contributed by atoms with Gasteiger partial charge in [0.05, 0.1) is 12.0 Å². The van der Waals surface area contributed by atoms with Crippen molar-refractivity contribution in [2.45, 2.75) is 44.8 Å². The monoisotopic (exact) mass is 437 g/mol. The molecular weight excluding hydrogens is 410 g/mol. The topological polar surface area (TPSA) is 92.4 Å². The Morgan fingerprint density at radius 1 is 1.19 bits per heavy atom. The highest BCUT2D eigenvalue weighted by Crippen LogP contribution is 2.27. The van der Waals surface area contributed by atoms with Crippen molar-refractivity contribution in [1.29, 1.82) is 0 Å². The number of nitrogens with one attached hydrogen (secondary N) is 1. The van der Waals surface area contributed by atoms with E-state index in [9.17, 15) is 9.90 Å². The summed E-state index contributed by atoms with van der Waals surface area (Å²) < 4.78 is 2.00. The van der Waals surface area contributed by atoms with E-state index in [1.165, 1.54) is 23.5 Å². The molecule has 0 saturated heterocycles. The Labute approximate surface area is 186 Å². The molecule has 2 N–H and O–H groups in total. The molecule has 31 heavy (non-hydrogen) atoms. The minimum Gasteiger partial charge on any atom is -0.508 e. The molecule has 0 unspecified atom stereocenters. The molecular formula is C23H27N5O2S. The first-order valence-electron chi connectivity index (χ1n) is 10.1. The molecule has 7 nitrogen and oxygen atoms in total. The number of amides is 1. The van der Waals surface area contributed by atoms with Crippen LogP contribution in [0.25, 0.3) is 11.4 Å². The van der Waals surface area contributed by atoms with E-state index in [4.69, 9.17) is 0 Å². The summed E-state index contributed by atoms with van der Waals surface area (Å²) in [4.78, 5) is 12.1. The van der Waals surface area contributed by atoms with Crippen LogP contribution >= 0.6 is 11.8 Å². The Morgan fingerprint density at radius 2 is 1.94 bits per heavy atom. The smallest absolute Gasteiger partial charge is 0.250 e. The zero-order valence-electron chi connectivity index (χ0n) is 18.2. The lowest BCUT2D eigenvalue weighted by Crippen LogP contribution is -2.20. The van der Waals surface area contributed by atoms with Crippen molar-refractivity contribution in [2.75, 3.05) is 5.75 Å². The largest absolute Gasteiger partial charge is 0.508 e. The van der Waals surface area contributed by atoms with Crippen molar-refractivity contribution in [2.24, 2.45) is 5.10 Å². The number of rotatable bonds is 7. The summed E-state index contributed by atoms with van der Waals surface area (Å²) >= 11 is 1.31. The molecule has 0 aliphatic carbocycles. The number of nitrogens with zero attached hydrogens (tertiary/aromatic N) is 4. The van der Waals surface area contributed by atoms with Gasteiger partial charge in [0, 0.05) is 12.1 Å². The van der Waals surface area contributed by atoms with Crippen molar-refractivity contribution in [3.63, 3.8) is 0 Å². The summed E-state index contributed by atoms with van der Waals surface area (Å²) in [7, 11) is 0. The Hall–Kier alpha value is -3.13. The molecule has 2 aromatic carbocycles. The number of hydrogen-bond acceptors (Lipinski definition) is 6. The average molecular weight is 438 g/mol. The second kappa shape index (κ2) is 9.78. The molecule has 1 aromatic heterocycles. The number of hydrazone groups is 1. The van der Waals surface area contributed by atoms with Crippen LogP contribution in [0.5, 0.6) is 5.75 Å². The highest BCUT2D eigenvalue weighted by Gasteiger charge is 2.17. The van der Waals surface area contributed by atoms with Crippen LogP contribution in [0, 0.1) is 0 Å². The van der Waals surface area contributed by atoms with Gasteiger partial charge < -0.3 is 9.67 Å². The number of thioether (sulfide) groups is 1. The van der Waals surface area contributed by atoms with E-state index in [1.807, 2.05) is 11.5 Å². The number of carbonyl (C=O) groups is 1. The number of benzene rings is 2. The van der Waals surface area contributed by atoms with Gasteiger partial charge in [-0.05, 0) is 35.6 Å². The normalized spacial score (nSPS) is 11.7. The average Bonchev–Trinajstić information content (AvgIpc) is 3.15. The van der Waals surface area contributed by atoms with Crippen LogP contribution in [0.1, 0.15) is 38.8 Å². The maximum atomic E-state index is 12.1. The molecule has 0 bridgehead atoms. The highest BCUT2D eigenvalue weighted by atomic mass is 32.2. The third-order valence-electron chi connectivity index (χ3n) is 4.65. The van der Waals surface area contributed by atoms with Crippen LogP contribution in [0.15, 0.2) is 58.8 Å². The maximum Gasteiger partial charge on any atom is 0.250 e. The molecule has 0 saturated carbocycles. The molecule has 0 aliphatic heterocycles. The van der Waals surface area contributed by atoms with Crippen LogP contribution in [0.2, 0.25) is 0 Å². The SMILES string of the molecule is CCn1c(SCC(=O)N/N=C/c2cccc(O)c2)nnc1-c1ccc(C(C)(C)C)cc1. The van der Waals surface area contributed by atoms with Gasteiger partial charge in [-0.3, -0.25) is 4.79 Å². The number of phenolic OH excluding ortho intramolecular Hbond substituents is 1. The zero-order chi connectivity index (χ0) is 22.4. The van der Waals surface area contributed by atoms with E-state index in [0.29, 0.717) is 17.3 Å². The summed E-state index contributed by atoms with van der Waals surface area (Å²) in [6.45, 7) is 9.28. The summed E-state index contributed by atoms with van der Waals surface area (Å²) in [5, 5.41) is 22.7. The summed E-state index contributed by atoms with van der Waals surface area (Å²) in [5.41, 5.74) is 5.53. The number of hydrogen-bond donors (Lipinski definition) is 2. The first-order chi connectivity index (χ1) is 14.8. The zero-order valence-corrected chi connectivity index (χ0v) is 19.0. The standard InChI is InChI=1S/C23H27N5O2S/c1-5-28-21(17-9-11-18(12-10-17)23(2,3)4)26-27-22(28)31-15-20(30)25-24-14-16-7-6-8-19(29)13-16/h6-14,29H,5,15H2,1-4H3,(H,25,30)/b24-14+. The third-order valence-corrected chi connectivity index (χ3v) is 5.61. The van der Waals surface area contributed by atoms with Gasteiger partial charge in [-0.15, -0.1) is 10.2 Å². The van der Waals surface area contributed by atoms with Crippen molar-refractivity contribution in [3.05, 3.63) is 59.7 Å². The molecule has 8 heteroatoms. The number of aromatic nitrogens is 3. The molecule has 0 fully saturated rings. The van der Waals surface area contributed by atoms with E-state index < -0.39 is 0 Å². The molecule has 0 aliphatic rings. The first kappa shape index (κ1) is 22.6. The Morgan fingerprint density at radius 3 is 2.58 bits per heavy atom. The number of phenols is 1. The second-order valence-electron chi connectivity index (χ2n) is 8.05. The van der Waals surface area contributed by atoms with Gasteiger partial charge in [0.2, 0.25) is 0 Å². The van der Waals surface area contributed by atoms with Crippen molar-refractivity contribution >= 4 is 23.9 Å². The van der Waals surface area contributed by atoms with Crippen LogP contribution in [-0.2, 0) is 16.8 Å². The lowest BCUT2D eigenvalue weighted by molar-refractivity contribution is -0.118. The van der Waals surface area contributed by atoms with Gasteiger partial charge in [-0.25, -0.2) is 5.43 Å². The highest BCUT2D eigenvalue weighted by molar-refractivity contribution is 7.99. The minimum atomic E-state index is -0.247. The minimum absolute atomic E-state index is 0.0920. The molecule has 1 heterocycles. The van der Waals surface area contributed by atoms with Gasteiger partial charge in [0.25, 0.3) is 5.91 Å². The van der Waals surface area contributed by atoms with E-state index in [1.54, 1.807) is 24.3 Å². The van der Waals surface area contributed by atoms with Crippen molar-refractivity contribution in [3.8, 4) is 17.1 Å². The van der Waals surface area contributed by atoms with Gasteiger partial charge in [0.1, 0.15) is 5.75 Å². The molecule has 162 valence electrons. The van der Waals surface area contributed by atoms with E-state index in [-0.39, 0.29) is 22.8 Å². The van der Waals surface area contributed by atoms with E-state index in [2.05, 4.69) is 65.8 Å². The van der Waals surface area contributed by atoms with Crippen LogP contribution < -0.4 is 5.43 Å². The quantitative estimate of drug-likeness (QED) is 0.328. The van der Waals surface area contributed by atoms with Gasteiger partial charge in [-0.2, -0.15) is 5.10 Å². The Kier molecular flexibility index (Phi) is 7.12. The molecule has 0 spiro atoms. The Bertz CT molecular complexity index is 1070. The van der Waals surface area contributed by atoms with Crippen LogP contribution in [-0.4, -0.2) is 37.7 Å². The predicted molar refractivity (Wildman–Crippen MR) is 124 cm³/mol. The molecule has 1 amide bonds. The summed E-state index contributed by atoms with van der Waals surface area (Å²) in [6, 6.07) is 15.0. The fraction of sp³-hybridized carbons (Fsp3) is 0.304. The summed E-state index contributed by atoms with van der Waals surface area (Å²) in [5.74, 6) is 0.850. The summed E-state index contributed by atoms with van der Waals surface area (Å²) in [6.07, 6.45) is 1.48. The predicted octanol–water partition coefficient (Wildman–Crippen LogP) is 4.21. The van der Waals surface area contributed by atoms with E-state index in [0.717, 1.165) is 11.4 Å². The number of aromatic hydroxyl groups is 1. The molecule has 3 rings (SSSR count). The molecule has 3 aromatic rings. The van der Waals surface area contributed by atoms with Crippen molar-refractivity contribution < 1.29 is 9.90 Å².